The number of amides is 1. The number of hydrogen-bond acceptors (Lipinski definition) is 9. The maximum absolute atomic E-state index is 12.9. The summed E-state index contributed by atoms with van der Waals surface area (Å²) in [6.45, 7) is 0.351. The first-order chi connectivity index (χ1) is 19.5. The van der Waals surface area contributed by atoms with Gasteiger partial charge >= 0.3 is 14.4 Å². The minimum atomic E-state index is -3.76. The molecule has 4 aromatic rings. The Bertz CT molecular complexity index is 1620. The number of pyridine rings is 1. The Balaban J connectivity index is 1.34. The first-order valence-corrected chi connectivity index (χ1v) is 14.1. The summed E-state index contributed by atoms with van der Waals surface area (Å²) in [5.74, 6) is -0.194. The summed E-state index contributed by atoms with van der Waals surface area (Å²) in [4.78, 5) is 26.5. The van der Waals surface area contributed by atoms with Crippen molar-refractivity contribution in [2.75, 3.05) is 14.2 Å². The highest BCUT2D eigenvalue weighted by atomic mass is 31.2. The number of phosphoric acid groups is 1. The van der Waals surface area contributed by atoms with Gasteiger partial charge in [0.2, 0.25) is 0 Å². The molecule has 0 bridgehead atoms. The van der Waals surface area contributed by atoms with Crippen molar-refractivity contribution in [1.29, 1.82) is 0 Å². The first kappa shape index (κ1) is 28.7. The minimum absolute atomic E-state index is 0.0851. The Kier molecular flexibility index (Phi) is 7.89. The lowest BCUT2D eigenvalue weighted by Crippen LogP contribution is -2.27. The van der Waals surface area contributed by atoms with Gasteiger partial charge in [0.15, 0.2) is 5.82 Å². The van der Waals surface area contributed by atoms with Gasteiger partial charge in [-0.25, -0.2) is 19.5 Å². The normalized spacial score (nSPS) is 15.3. The highest BCUT2D eigenvalue weighted by Gasteiger charge is 2.36. The quantitative estimate of drug-likeness (QED) is 0.241. The topological polar surface area (TPSA) is 126 Å². The molecule has 11 nitrogen and oxygen atoms in total. The molecule has 0 fully saturated rings. The number of phosphoric ester groups is 1. The van der Waals surface area contributed by atoms with Crippen LogP contribution in [0.15, 0.2) is 55.0 Å². The van der Waals surface area contributed by atoms with Crippen LogP contribution in [0.3, 0.4) is 0 Å². The number of imidazole rings is 1. The highest BCUT2D eigenvalue weighted by Crippen LogP contribution is 2.52. The van der Waals surface area contributed by atoms with Crippen molar-refractivity contribution >= 4 is 19.4 Å². The maximum Gasteiger partial charge on any atom is 0.475 e. The second-order valence-corrected chi connectivity index (χ2v) is 11.6. The number of ether oxygens (including phenoxy) is 1. The fourth-order valence-electron chi connectivity index (χ4n) is 4.68. The Morgan fingerprint density at radius 2 is 1.85 bits per heavy atom. The van der Waals surface area contributed by atoms with Gasteiger partial charge in [0.05, 0.1) is 11.7 Å². The van der Waals surface area contributed by atoms with Crippen LogP contribution in [-0.2, 0) is 30.2 Å². The number of carbonyl (C=O) groups excluding carboxylic acids is 1. The Morgan fingerprint density at radius 1 is 1.12 bits per heavy atom. The summed E-state index contributed by atoms with van der Waals surface area (Å²) in [7, 11) is -1.29. The Hall–Kier alpha value is -3.77. The summed E-state index contributed by atoms with van der Waals surface area (Å²) in [6.07, 6.45) is 6.54. The molecule has 0 spiro atoms. The number of rotatable bonds is 10. The van der Waals surface area contributed by atoms with Crippen molar-refractivity contribution in [1.82, 2.24) is 24.7 Å². The van der Waals surface area contributed by atoms with Crippen molar-refractivity contribution in [3.63, 3.8) is 0 Å². The molecule has 1 aliphatic rings. The second kappa shape index (κ2) is 11.2. The Morgan fingerprint density at radius 3 is 2.54 bits per heavy atom. The molecule has 3 heterocycles. The lowest BCUT2D eigenvalue weighted by Gasteiger charge is -2.26. The van der Waals surface area contributed by atoms with Gasteiger partial charge in [0, 0.05) is 55.2 Å². The van der Waals surface area contributed by atoms with Crippen molar-refractivity contribution in [2.24, 2.45) is 0 Å². The van der Waals surface area contributed by atoms with Crippen LogP contribution in [-0.4, -0.2) is 46.1 Å². The molecule has 0 saturated heterocycles. The van der Waals surface area contributed by atoms with Gasteiger partial charge in [0.1, 0.15) is 17.0 Å². The van der Waals surface area contributed by atoms with Crippen LogP contribution >= 0.6 is 7.82 Å². The van der Waals surface area contributed by atoms with Crippen LogP contribution in [0.5, 0.6) is 5.75 Å². The zero-order chi connectivity index (χ0) is 29.4. The van der Waals surface area contributed by atoms with Gasteiger partial charge in [-0.2, -0.15) is 8.78 Å². The van der Waals surface area contributed by atoms with E-state index in [-0.39, 0.29) is 17.4 Å². The second-order valence-electron chi connectivity index (χ2n) is 9.77. The zero-order valence-corrected chi connectivity index (χ0v) is 23.6. The van der Waals surface area contributed by atoms with Crippen LogP contribution in [0.2, 0.25) is 0 Å². The van der Waals surface area contributed by atoms with Crippen molar-refractivity contribution in [3.05, 3.63) is 77.8 Å². The van der Waals surface area contributed by atoms with Gasteiger partial charge < -0.3 is 14.5 Å². The van der Waals surface area contributed by atoms with E-state index >= 15 is 0 Å². The third-order valence-corrected chi connectivity index (χ3v) is 8.26. The van der Waals surface area contributed by atoms with Gasteiger partial charge in [-0.1, -0.05) is 6.07 Å². The monoisotopic (exact) mass is 587 g/mol. The van der Waals surface area contributed by atoms with Gasteiger partial charge in [-0.15, -0.1) is 0 Å². The SMILES string of the molecule is COP(=O)(OC)OC(C)(C)c1ncc(-c2ccc3nc4c(n3c2)CC[C@H]4NC(=O)c2cccc(OC(F)F)c2)cn1. The van der Waals surface area contributed by atoms with Crippen molar-refractivity contribution in [3.8, 4) is 16.9 Å². The van der Waals surface area contributed by atoms with E-state index in [4.69, 9.17) is 18.6 Å². The van der Waals surface area contributed by atoms with E-state index in [2.05, 4.69) is 20.0 Å². The molecule has 5 rings (SSSR count). The molecule has 1 aliphatic carbocycles. The van der Waals surface area contributed by atoms with Crippen molar-refractivity contribution < 1.29 is 36.4 Å². The number of alkyl halides is 2. The number of carbonyl (C=O) groups is 1. The molecule has 216 valence electrons. The molecule has 1 atom stereocenters. The number of nitrogens with zero attached hydrogens (tertiary/aromatic N) is 4. The number of nitrogens with one attached hydrogen (secondary N) is 1. The number of halogens is 2. The van der Waals surface area contributed by atoms with E-state index in [1.807, 2.05) is 22.7 Å². The average molecular weight is 588 g/mol. The van der Waals surface area contributed by atoms with Crippen LogP contribution < -0.4 is 10.1 Å². The summed E-state index contributed by atoms with van der Waals surface area (Å²) in [5.41, 5.74) is 3.07. The summed E-state index contributed by atoms with van der Waals surface area (Å²) >= 11 is 0. The van der Waals surface area contributed by atoms with Crippen LogP contribution in [0.25, 0.3) is 16.8 Å². The van der Waals surface area contributed by atoms with E-state index in [1.165, 1.54) is 38.5 Å². The maximum atomic E-state index is 12.9. The van der Waals surface area contributed by atoms with E-state index in [0.717, 1.165) is 22.5 Å². The third-order valence-electron chi connectivity index (χ3n) is 6.69. The first-order valence-electron chi connectivity index (χ1n) is 12.6. The fraction of sp³-hybridized carbons (Fsp3) is 0.333. The van der Waals surface area contributed by atoms with Gasteiger partial charge in [-0.3, -0.25) is 18.4 Å². The molecule has 14 heteroatoms. The van der Waals surface area contributed by atoms with Crippen LogP contribution in [0.4, 0.5) is 8.78 Å². The minimum Gasteiger partial charge on any atom is -0.435 e. The fourth-order valence-corrected chi connectivity index (χ4v) is 5.62. The predicted molar refractivity (Wildman–Crippen MR) is 144 cm³/mol. The standard InChI is InChI=1S/C27H28F2N5O6P/c1-27(2,40-41(36,37-3)38-4)25-30-13-18(14-31-25)17-8-11-22-33-23-20(9-10-21(23)34(22)15-17)32-24(35)16-6-5-7-19(12-16)39-26(28)29/h5-8,11-15,20,26H,9-10H2,1-4H3,(H,32,35)/t20-/m1/s1. The molecule has 0 saturated carbocycles. The molecule has 1 N–H and O–H groups in total. The summed E-state index contributed by atoms with van der Waals surface area (Å²) in [5, 5.41) is 2.96. The van der Waals surface area contributed by atoms with Gasteiger partial charge in [-0.05, 0) is 57.0 Å². The van der Waals surface area contributed by atoms with E-state index in [9.17, 15) is 18.1 Å². The summed E-state index contributed by atoms with van der Waals surface area (Å²) in [6, 6.07) is 9.09. The molecule has 0 unspecified atom stereocenters. The number of aromatic nitrogens is 4. The number of benzene rings is 1. The summed E-state index contributed by atoms with van der Waals surface area (Å²) < 4.78 is 59.2. The average Bonchev–Trinajstić information content (AvgIpc) is 3.52. The molecule has 0 radical (unpaired) electrons. The largest absolute Gasteiger partial charge is 0.475 e. The molecule has 1 aromatic carbocycles. The highest BCUT2D eigenvalue weighted by molar-refractivity contribution is 7.48. The number of fused-ring (bicyclic) bond motifs is 3. The van der Waals surface area contributed by atoms with E-state index in [0.29, 0.717) is 24.3 Å². The smallest absolute Gasteiger partial charge is 0.435 e. The molecule has 1 amide bonds. The molecule has 41 heavy (non-hydrogen) atoms. The molecular formula is C27H28F2N5O6P. The van der Waals surface area contributed by atoms with E-state index in [1.54, 1.807) is 26.2 Å². The third kappa shape index (κ3) is 5.98. The van der Waals surface area contributed by atoms with Crippen LogP contribution in [0.1, 0.15) is 53.9 Å². The lowest BCUT2D eigenvalue weighted by molar-refractivity contribution is -0.0499. The Labute approximate surface area is 234 Å². The van der Waals surface area contributed by atoms with Crippen LogP contribution in [0, 0.1) is 0 Å². The molecule has 3 aromatic heterocycles. The molecular weight excluding hydrogens is 559 g/mol. The number of hydrogen-bond donors (Lipinski definition) is 1. The van der Waals surface area contributed by atoms with E-state index < -0.39 is 25.9 Å². The number of aryl methyl sites for hydroxylation is 1. The van der Waals surface area contributed by atoms with Gasteiger partial charge in [0.25, 0.3) is 5.91 Å². The zero-order valence-electron chi connectivity index (χ0n) is 22.7. The lowest BCUT2D eigenvalue weighted by atomic mass is 10.1. The van der Waals surface area contributed by atoms with Crippen molar-refractivity contribution in [2.45, 2.75) is 44.9 Å². The molecule has 0 aliphatic heterocycles. The predicted octanol–water partition coefficient (Wildman–Crippen LogP) is 5.46.